The summed E-state index contributed by atoms with van der Waals surface area (Å²) in [5.41, 5.74) is 5.70. The van der Waals surface area contributed by atoms with Crippen molar-refractivity contribution in [3.8, 4) is 0 Å². The average Bonchev–Trinajstić information content (AvgIpc) is 2.94. The van der Waals surface area contributed by atoms with Crippen LogP contribution in [-0.2, 0) is 4.74 Å². The molecule has 6 atom stereocenters. The molecular formula is C13H16ClFN4O5. The maximum atomic E-state index is 14.7. The van der Waals surface area contributed by atoms with Crippen molar-refractivity contribution in [3.63, 3.8) is 0 Å². The van der Waals surface area contributed by atoms with Gasteiger partial charge in [0.05, 0.1) is 12.0 Å². The van der Waals surface area contributed by atoms with E-state index in [2.05, 4.69) is 9.97 Å². The monoisotopic (exact) mass is 362 g/mol. The molecule has 3 rings (SSSR count). The maximum absolute atomic E-state index is 14.7. The molecule has 24 heavy (non-hydrogen) atoms. The van der Waals surface area contributed by atoms with Crippen molar-refractivity contribution in [3.05, 3.63) is 17.4 Å². The molecule has 9 nitrogen and oxygen atoms in total. The van der Waals surface area contributed by atoms with Crippen molar-refractivity contribution >= 4 is 28.6 Å². The van der Waals surface area contributed by atoms with Crippen LogP contribution in [-0.4, -0.2) is 72.2 Å². The van der Waals surface area contributed by atoms with Crippen LogP contribution in [0.2, 0.25) is 5.15 Å². The minimum absolute atomic E-state index is 0.0552. The molecule has 1 fully saturated rings. The number of nitrogens with two attached hydrogens (primary N) is 1. The van der Waals surface area contributed by atoms with Gasteiger partial charge in [-0.15, -0.1) is 0 Å². The van der Waals surface area contributed by atoms with Gasteiger partial charge in [-0.1, -0.05) is 11.6 Å². The maximum Gasteiger partial charge on any atom is 0.223 e. The Kier molecular flexibility index (Phi) is 4.60. The van der Waals surface area contributed by atoms with Crippen LogP contribution < -0.4 is 5.73 Å². The summed E-state index contributed by atoms with van der Waals surface area (Å²) in [5.74, 6) is -0.143. The van der Waals surface area contributed by atoms with Gasteiger partial charge in [-0.05, 0) is 6.07 Å². The molecule has 132 valence electrons. The molecule has 0 saturated carbocycles. The molecule has 0 amide bonds. The number of anilines is 1. The lowest BCUT2D eigenvalue weighted by Gasteiger charge is -2.25. The zero-order valence-electron chi connectivity index (χ0n) is 12.2. The average molecular weight is 363 g/mol. The lowest BCUT2D eigenvalue weighted by atomic mass is 10.0. The normalized spacial score (nSPS) is 34.4. The van der Waals surface area contributed by atoms with Gasteiger partial charge in [-0.3, -0.25) is 0 Å². The summed E-state index contributed by atoms with van der Waals surface area (Å²) in [4.78, 5) is 7.76. The van der Waals surface area contributed by atoms with Gasteiger partial charge in [-0.2, -0.15) is 4.98 Å². The molecule has 0 radical (unpaired) electrons. The second-order valence-corrected chi connectivity index (χ2v) is 5.85. The molecule has 0 aromatic carbocycles. The molecule has 2 aromatic rings. The zero-order valence-corrected chi connectivity index (χ0v) is 13.0. The van der Waals surface area contributed by atoms with Crippen molar-refractivity contribution in [1.29, 1.82) is 0 Å². The van der Waals surface area contributed by atoms with Gasteiger partial charge in [0.1, 0.15) is 35.2 Å². The van der Waals surface area contributed by atoms with E-state index in [1.165, 1.54) is 16.8 Å². The first kappa shape index (κ1) is 17.3. The summed E-state index contributed by atoms with van der Waals surface area (Å²) in [6, 6.07) is 1.51. The van der Waals surface area contributed by atoms with Gasteiger partial charge >= 0.3 is 0 Å². The largest absolute Gasteiger partial charge is 0.394 e. The minimum Gasteiger partial charge on any atom is -0.394 e. The third kappa shape index (κ3) is 2.70. The fourth-order valence-corrected chi connectivity index (χ4v) is 2.94. The van der Waals surface area contributed by atoms with E-state index in [0.29, 0.717) is 5.39 Å². The molecule has 0 unspecified atom stereocenters. The fourth-order valence-electron chi connectivity index (χ4n) is 2.70. The number of aliphatic hydroxyl groups is 4. The summed E-state index contributed by atoms with van der Waals surface area (Å²) in [5, 5.41) is 39.4. The zero-order chi connectivity index (χ0) is 17.6. The number of nitrogens with zero attached hydrogens (tertiary/aromatic N) is 3. The first-order valence-electron chi connectivity index (χ1n) is 7.09. The first-order chi connectivity index (χ1) is 11.3. The number of halogens is 2. The van der Waals surface area contributed by atoms with Gasteiger partial charge in [0.25, 0.3) is 0 Å². The van der Waals surface area contributed by atoms with E-state index in [1.807, 2.05) is 0 Å². The number of hydrogen-bond donors (Lipinski definition) is 5. The van der Waals surface area contributed by atoms with E-state index < -0.39 is 43.4 Å². The Morgan fingerprint density at radius 3 is 2.62 bits per heavy atom. The Labute approximate surface area is 140 Å². The molecule has 1 aliphatic heterocycles. The molecule has 1 aliphatic rings. The van der Waals surface area contributed by atoms with Crippen molar-refractivity contribution in [1.82, 2.24) is 14.5 Å². The van der Waals surface area contributed by atoms with Gasteiger partial charge in [0.2, 0.25) is 5.95 Å². The van der Waals surface area contributed by atoms with E-state index in [0.717, 1.165) is 0 Å². The van der Waals surface area contributed by atoms with Gasteiger partial charge in [0, 0.05) is 6.20 Å². The van der Waals surface area contributed by atoms with Crippen LogP contribution >= 0.6 is 11.6 Å². The van der Waals surface area contributed by atoms with E-state index in [1.54, 1.807) is 0 Å². The van der Waals surface area contributed by atoms with Crippen LogP contribution in [0.1, 0.15) is 6.23 Å². The Bertz CT molecular complexity index is 744. The van der Waals surface area contributed by atoms with E-state index in [9.17, 15) is 24.8 Å². The van der Waals surface area contributed by atoms with Crippen LogP contribution in [0, 0.1) is 0 Å². The van der Waals surface area contributed by atoms with E-state index in [4.69, 9.17) is 22.1 Å². The van der Waals surface area contributed by atoms with Gasteiger partial charge < -0.3 is 35.5 Å². The summed E-state index contributed by atoms with van der Waals surface area (Å²) in [7, 11) is 0. The van der Waals surface area contributed by atoms with Crippen molar-refractivity contribution in [2.24, 2.45) is 0 Å². The predicted octanol–water partition coefficient (Wildman–Crippen LogP) is -1.02. The summed E-state index contributed by atoms with van der Waals surface area (Å²) in [6.45, 7) is -0.689. The second kappa shape index (κ2) is 6.39. The number of fused-ring (bicyclic) bond motifs is 1. The summed E-state index contributed by atoms with van der Waals surface area (Å²) < 4.78 is 21.3. The van der Waals surface area contributed by atoms with Crippen LogP contribution in [0.3, 0.4) is 0 Å². The van der Waals surface area contributed by atoms with Gasteiger partial charge in [-0.25, -0.2) is 9.37 Å². The molecule has 0 bridgehead atoms. The van der Waals surface area contributed by atoms with Crippen molar-refractivity contribution < 1.29 is 29.6 Å². The first-order valence-corrected chi connectivity index (χ1v) is 7.47. The minimum atomic E-state index is -2.11. The Morgan fingerprint density at radius 2 is 1.96 bits per heavy atom. The number of aliphatic hydroxyl groups excluding tert-OH is 4. The Balaban J connectivity index is 2.10. The summed E-state index contributed by atoms with van der Waals surface area (Å²) in [6.07, 6.45) is -8.94. The second-order valence-electron chi connectivity index (χ2n) is 5.50. The lowest BCUT2D eigenvalue weighted by molar-refractivity contribution is -0.137. The molecule has 11 heteroatoms. The highest BCUT2D eigenvalue weighted by molar-refractivity contribution is 6.34. The van der Waals surface area contributed by atoms with Crippen LogP contribution in [0.5, 0.6) is 0 Å². The third-order valence-corrected chi connectivity index (χ3v) is 4.28. The molecule has 0 spiro atoms. The van der Waals surface area contributed by atoms with Gasteiger partial charge in [0.15, 0.2) is 12.4 Å². The van der Waals surface area contributed by atoms with Crippen LogP contribution in [0.4, 0.5) is 10.3 Å². The number of aromatic nitrogens is 3. The number of nitrogen functional groups attached to an aromatic ring is 1. The SMILES string of the molecule is Nc1nc(Cl)c2ccn([C@@H]3O[C@H](CO)[C@@H](O)[C@H](O)[C@@H](O)[C@@H]3F)c2n1. The topological polar surface area (TPSA) is 147 Å². The molecule has 3 heterocycles. The molecular weight excluding hydrogens is 347 g/mol. The highest BCUT2D eigenvalue weighted by Gasteiger charge is 2.46. The highest BCUT2D eigenvalue weighted by Crippen LogP contribution is 2.33. The third-order valence-electron chi connectivity index (χ3n) is 3.99. The molecule has 2 aromatic heterocycles. The summed E-state index contributed by atoms with van der Waals surface area (Å²) >= 11 is 5.97. The number of rotatable bonds is 2. The number of ether oxygens (including phenoxy) is 1. The quantitative estimate of drug-likeness (QED) is 0.426. The lowest BCUT2D eigenvalue weighted by Crippen LogP contribution is -2.46. The smallest absolute Gasteiger partial charge is 0.223 e. The molecule has 0 aliphatic carbocycles. The highest BCUT2D eigenvalue weighted by atomic mass is 35.5. The fraction of sp³-hybridized carbons (Fsp3) is 0.538. The molecule has 1 saturated heterocycles. The van der Waals surface area contributed by atoms with Crippen molar-refractivity contribution in [2.45, 2.75) is 36.8 Å². The number of alkyl halides is 1. The van der Waals surface area contributed by atoms with E-state index >= 15 is 0 Å². The van der Waals surface area contributed by atoms with Crippen molar-refractivity contribution in [2.75, 3.05) is 12.3 Å². The number of hydrogen-bond acceptors (Lipinski definition) is 8. The Morgan fingerprint density at radius 1 is 1.25 bits per heavy atom. The van der Waals surface area contributed by atoms with Crippen LogP contribution in [0.15, 0.2) is 12.3 Å². The molecule has 6 N–H and O–H groups in total. The van der Waals surface area contributed by atoms with E-state index in [-0.39, 0.29) is 16.7 Å². The Hall–Kier alpha value is -1.56. The van der Waals surface area contributed by atoms with Crippen LogP contribution in [0.25, 0.3) is 11.0 Å². The predicted molar refractivity (Wildman–Crippen MR) is 80.9 cm³/mol. The standard InChI is InChI=1S/C13H16ClFN4O5/c14-10-4-1-2-19(11(4)18-13(16)17-10)12-6(15)8(22)9(23)7(21)5(3-20)24-12/h1-2,5-9,12,20-23H,3H2,(H2,16,17,18)/t5-,6+,7-,8+,9+,12-/m1/s1.